The van der Waals surface area contributed by atoms with Gasteiger partial charge in [-0.2, -0.15) is 0 Å². The highest BCUT2D eigenvalue weighted by molar-refractivity contribution is 6.31. The van der Waals surface area contributed by atoms with Gasteiger partial charge in [0.15, 0.2) is 0 Å². The van der Waals surface area contributed by atoms with Crippen LogP contribution >= 0.6 is 23.2 Å². The summed E-state index contributed by atoms with van der Waals surface area (Å²) in [5.41, 5.74) is 16.7. The number of hydrogen-bond donors (Lipinski definition) is 2. The Bertz CT molecular complexity index is 785. The maximum atomic E-state index is 6.12. The minimum atomic E-state index is 0.401. The van der Waals surface area contributed by atoms with E-state index in [1.165, 1.54) is 11.1 Å². The van der Waals surface area contributed by atoms with Crippen LogP contribution in [0.1, 0.15) is 47.9 Å². The molecule has 2 aromatic carbocycles. The molecule has 2 heterocycles. The summed E-state index contributed by atoms with van der Waals surface area (Å²) < 4.78 is 0. The molecular formula is C26H38Cl2N4. The number of aryl methyl sites for hydroxylation is 2. The van der Waals surface area contributed by atoms with Crippen LogP contribution in [0.4, 0.5) is 0 Å². The molecule has 0 atom stereocenters. The molecule has 2 saturated heterocycles. The molecular weight excluding hydrogens is 439 g/mol. The fourth-order valence-electron chi connectivity index (χ4n) is 4.21. The zero-order valence-corrected chi connectivity index (χ0v) is 21.0. The number of piperidine rings is 2. The van der Waals surface area contributed by atoms with E-state index in [1.807, 2.05) is 13.8 Å². The summed E-state index contributed by atoms with van der Waals surface area (Å²) in [5.74, 6) is 0. The van der Waals surface area contributed by atoms with Crippen LogP contribution in [0.15, 0.2) is 36.4 Å². The molecule has 0 bridgehead atoms. The van der Waals surface area contributed by atoms with Crippen LogP contribution in [-0.4, -0.2) is 48.1 Å². The average Bonchev–Trinajstić information content (AvgIpc) is 2.77. The van der Waals surface area contributed by atoms with Gasteiger partial charge in [-0.3, -0.25) is 9.80 Å². The van der Waals surface area contributed by atoms with Crippen molar-refractivity contribution >= 4 is 23.2 Å². The fraction of sp³-hybridized carbons (Fsp3) is 0.538. The Morgan fingerprint density at radius 2 is 1.03 bits per heavy atom. The second kappa shape index (κ2) is 12.4. The van der Waals surface area contributed by atoms with Gasteiger partial charge in [0.25, 0.3) is 0 Å². The second-order valence-electron chi connectivity index (χ2n) is 9.39. The Morgan fingerprint density at radius 3 is 1.34 bits per heavy atom. The third-order valence-corrected chi connectivity index (χ3v) is 7.36. The number of likely N-dealkylation sites (tertiary alicyclic amines) is 2. The second-order valence-corrected chi connectivity index (χ2v) is 10.2. The van der Waals surface area contributed by atoms with Crippen molar-refractivity contribution in [3.05, 3.63) is 68.7 Å². The van der Waals surface area contributed by atoms with Gasteiger partial charge in [0.2, 0.25) is 0 Å². The molecule has 0 aliphatic carbocycles. The van der Waals surface area contributed by atoms with E-state index in [0.29, 0.717) is 12.1 Å². The van der Waals surface area contributed by atoms with E-state index in [1.54, 1.807) is 0 Å². The van der Waals surface area contributed by atoms with Crippen molar-refractivity contribution in [2.75, 3.05) is 26.2 Å². The van der Waals surface area contributed by atoms with Gasteiger partial charge >= 0.3 is 0 Å². The largest absolute Gasteiger partial charge is 0.328 e. The van der Waals surface area contributed by atoms with Gasteiger partial charge in [-0.05, 0) is 100 Å². The Hall–Kier alpha value is -1.14. The van der Waals surface area contributed by atoms with E-state index < -0.39 is 0 Å². The van der Waals surface area contributed by atoms with Gasteiger partial charge in [0.05, 0.1) is 0 Å². The van der Waals surface area contributed by atoms with Crippen molar-refractivity contribution in [2.45, 2.75) is 64.7 Å². The van der Waals surface area contributed by atoms with Crippen LogP contribution in [-0.2, 0) is 13.1 Å². The first kappa shape index (κ1) is 25.5. The van der Waals surface area contributed by atoms with Gasteiger partial charge in [0, 0.05) is 35.2 Å². The molecule has 0 amide bonds. The van der Waals surface area contributed by atoms with Gasteiger partial charge < -0.3 is 11.5 Å². The first-order valence-corrected chi connectivity index (χ1v) is 12.5. The third-order valence-electron chi connectivity index (χ3n) is 6.55. The monoisotopic (exact) mass is 476 g/mol. The predicted molar refractivity (Wildman–Crippen MR) is 137 cm³/mol. The highest BCUT2D eigenvalue weighted by Crippen LogP contribution is 2.20. The minimum absolute atomic E-state index is 0.401. The van der Waals surface area contributed by atoms with Gasteiger partial charge in [-0.15, -0.1) is 0 Å². The number of hydrogen-bond acceptors (Lipinski definition) is 4. The number of benzene rings is 2. The van der Waals surface area contributed by atoms with Crippen molar-refractivity contribution in [2.24, 2.45) is 11.5 Å². The van der Waals surface area contributed by atoms with Crippen molar-refractivity contribution in [1.82, 2.24) is 9.80 Å². The van der Waals surface area contributed by atoms with Crippen molar-refractivity contribution in [3.8, 4) is 0 Å². The number of rotatable bonds is 4. The third kappa shape index (κ3) is 8.02. The van der Waals surface area contributed by atoms with Crippen LogP contribution in [0.2, 0.25) is 10.0 Å². The summed E-state index contributed by atoms with van der Waals surface area (Å²) in [5, 5.41) is 1.73. The molecule has 2 aromatic rings. The smallest absolute Gasteiger partial charge is 0.0438 e. The lowest BCUT2D eigenvalue weighted by molar-refractivity contribution is 0.205. The topological polar surface area (TPSA) is 58.5 Å². The maximum absolute atomic E-state index is 6.12. The molecule has 2 fully saturated rings. The summed E-state index contributed by atoms with van der Waals surface area (Å²) in [6, 6.07) is 13.5. The summed E-state index contributed by atoms with van der Waals surface area (Å²) in [6.07, 6.45) is 4.44. The summed E-state index contributed by atoms with van der Waals surface area (Å²) in [4.78, 5) is 4.90. The number of nitrogens with zero attached hydrogens (tertiary/aromatic N) is 2. The van der Waals surface area contributed by atoms with Gasteiger partial charge in [-0.25, -0.2) is 0 Å². The molecule has 0 unspecified atom stereocenters. The molecule has 0 radical (unpaired) electrons. The molecule has 2 aliphatic rings. The Labute approximate surface area is 203 Å². The normalized spacial score (nSPS) is 18.9. The van der Waals surface area contributed by atoms with Crippen LogP contribution < -0.4 is 11.5 Å². The molecule has 4 N–H and O–H groups in total. The predicted octanol–water partition coefficient (Wildman–Crippen LogP) is 5.14. The molecule has 176 valence electrons. The quantitative estimate of drug-likeness (QED) is 0.640. The highest BCUT2D eigenvalue weighted by atomic mass is 35.5. The van der Waals surface area contributed by atoms with Crippen LogP contribution in [0.25, 0.3) is 0 Å². The molecule has 6 heteroatoms. The maximum Gasteiger partial charge on any atom is 0.0438 e. The summed E-state index contributed by atoms with van der Waals surface area (Å²) in [6.45, 7) is 10.5. The van der Waals surface area contributed by atoms with Crippen molar-refractivity contribution in [3.63, 3.8) is 0 Å². The van der Waals surface area contributed by atoms with E-state index in [9.17, 15) is 0 Å². The lowest BCUT2D eigenvalue weighted by Gasteiger charge is -2.30. The van der Waals surface area contributed by atoms with Crippen LogP contribution in [0.5, 0.6) is 0 Å². The Morgan fingerprint density at radius 1 is 0.688 bits per heavy atom. The first-order chi connectivity index (χ1) is 15.3. The van der Waals surface area contributed by atoms with E-state index in [-0.39, 0.29) is 0 Å². The standard InChI is InChI=1S/2C13H19ClN2/c2*1-10-2-3-11(8-13(10)14)9-16-6-4-12(15)5-7-16/h2*2-3,8,12H,4-7,9,15H2,1H3. The Balaban J connectivity index is 0.000000181. The van der Waals surface area contributed by atoms with Crippen LogP contribution in [0.3, 0.4) is 0 Å². The molecule has 4 nitrogen and oxygen atoms in total. The first-order valence-electron chi connectivity index (χ1n) is 11.8. The van der Waals surface area contributed by atoms with Crippen LogP contribution in [0, 0.1) is 13.8 Å². The van der Waals surface area contributed by atoms with E-state index in [4.69, 9.17) is 34.7 Å². The van der Waals surface area contributed by atoms with Crippen molar-refractivity contribution in [1.29, 1.82) is 0 Å². The lowest BCUT2D eigenvalue weighted by atomic mass is 10.0. The van der Waals surface area contributed by atoms with Gasteiger partial charge in [-0.1, -0.05) is 47.5 Å². The highest BCUT2D eigenvalue weighted by Gasteiger charge is 2.17. The Kier molecular flexibility index (Phi) is 9.84. The fourth-order valence-corrected chi connectivity index (χ4v) is 4.61. The summed E-state index contributed by atoms with van der Waals surface area (Å²) >= 11 is 12.2. The molecule has 0 aromatic heterocycles. The summed E-state index contributed by atoms with van der Waals surface area (Å²) in [7, 11) is 0. The average molecular weight is 478 g/mol. The number of halogens is 2. The van der Waals surface area contributed by atoms with Gasteiger partial charge in [0.1, 0.15) is 0 Å². The van der Waals surface area contributed by atoms with E-state index in [0.717, 1.165) is 86.1 Å². The molecule has 4 rings (SSSR count). The molecule has 0 saturated carbocycles. The number of nitrogens with two attached hydrogens (primary N) is 2. The van der Waals surface area contributed by atoms with E-state index in [2.05, 4.69) is 46.2 Å². The zero-order valence-electron chi connectivity index (χ0n) is 19.5. The molecule has 32 heavy (non-hydrogen) atoms. The lowest BCUT2D eigenvalue weighted by Crippen LogP contribution is -2.39. The SMILES string of the molecule is Cc1ccc(CN2CCC(N)CC2)cc1Cl.Cc1ccc(CN2CCC(N)CC2)cc1Cl. The molecule has 2 aliphatic heterocycles. The van der Waals surface area contributed by atoms with Crippen molar-refractivity contribution < 1.29 is 0 Å². The zero-order chi connectivity index (χ0) is 23.1. The van der Waals surface area contributed by atoms with E-state index >= 15 is 0 Å². The minimum Gasteiger partial charge on any atom is -0.328 e. The molecule has 0 spiro atoms.